The zero-order chi connectivity index (χ0) is 24.7. The van der Waals surface area contributed by atoms with Crippen LogP contribution in [0.5, 0.6) is 5.75 Å². The van der Waals surface area contributed by atoms with E-state index in [0.717, 1.165) is 11.2 Å². The van der Waals surface area contributed by atoms with Crippen molar-refractivity contribution in [3.63, 3.8) is 0 Å². The molecule has 0 aliphatic rings. The summed E-state index contributed by atoms with van der Waals surface area (Å²) in [7, 11) is -1.39. The Bertz CT molecular complexity index is 1330. The third kappa shape index (κ3) is 4.64. The molecular formula is C19H17F4N3O6S. The van der Waals surface area contributed by atoms with E-state index in [4.69, 9.17) is 19.2 Å². The van der Waals surface area contributed by atoms with E-state index < -0.39 is 62.2 Å². The van der Waals surface area contributed by atoms with Gasteiger partial charge in [0.2, 0.25) is 11.6 Å². The molecule has 0 saturated carbocycles. The molecule has 3 N–H and O–H groups in total. The molecule has 0 aliphatic heterocycles. The number of nitrogens with zero attached hydrogens (tertiary/aromatic N) is 1. The lowest BCUT2D eigenvalue weighted by atomic mass is 10.1. The normalized spacial score (nSPS) is 12.9. The number of hydrogen-bond donors (Lipinski definition) is 2. The van der Waals surface area contributed by atoms with Gasteiger partial charge in [-0.2, -0.15) is 17.1 Å². The molecule has 1 atom stereocenters. The number of rotatable bonds is 7. The Balaban J connectivity index is 1.76. The lowest BCUT2D eigenvalue weighted by Crippen LogP contribution is -2.31. The van der Waals surface area contributed by atoms with Crippen molar-refractivity contribution in [3.05, 3.63) is 64.4 Å². The molecule has 178 valence electrons. The predicted molar refractivity (Wildman–Crippen MR) is 106 cm³/mol. The highest BCUT2D eigenvalue weighted by Crippen LogP contribution is 2.33. The molecule has 0 saturated heterocycles. The zero-order valence-corrected chi connectivity index (χ0v) is 18.1. The first-order valence-corrected chi connectivity index (χ1v) is 10.4. The van der Waals surface area contributed by atoms with E-state index >= 15 is 0 Å². The van der Waals surface area contributed by atoms with Gasteiger partial charge in [0, 0.05) is 14.1 Å². The van der Waals surface area contributed by atoms with E-state index in [1.165, 1.54) is 38.4 Å². The van der Waals surface area contributed by atoms with Crippen molar-refractivity contribution in [3.8, 4) is 5.75 Å². The Labute approximate surface area is 184 Å². The smallest absolute Gasteiger partial charge is 0.384 e. The van der Waals surface area contributed by atoms with Crippen LogP contribution in [0.25, 0.3) is 11.0 Å². The van der Waals surface area contributed by atoms with Crippen LogP contribution in [0.4, 0.5) is 17.6 Å². The molecule has 0 spiro atoms. The summed E-state index contributed by atoms with van der Waals surface area (Å²) < 4.78 is 89.2. The van der Waals surface area contributed by atoms with Crippen molar-refractivity contribution in [2.45, 2.75) is 13.1 Å². The maximum Gasteiger partial charge on any atom is 0.384 e. The summed E-state index contributed by atoms with van der Waals surface area (Å²) in [6, 6.07) is 5.33. The molecule has 14 heteroatoms. The maximum absolute atomic E-state index is 14.2. The second-order valence-corrected chi connectivity index (χ2v) is 8.62. The van der Waals surface area contributed by atoms with Gasteiger partial charge in [0.25, 0.3) is 0 Å². The molecule has 3 rings (SSSR count). The molecular weight excluding hydrogens is 474 g/mol. The molecule has 0 amide bonds. The summed E-state index contributed by atoms with van der Waals surface area (Å²) in [6.07, 6.45) is -1.15. The van der Waals surface area contributed by atoms with Crippen LogP contribution in [0.15, 0.2) is 28.7 Å². The second-order valence-electron chi connectivity index (χ2n) is 6.87. The van der Waals surface area contributed by atoms with E-state index in [2.05, 4.69) is 5.48 Å². The minimum absolute atomic E-state index is 0.0103. The lowest BCUT2D eigenvalue weighted by Gasteiger charge is -2.15. The summed E-state index contributed by atoms with van der Waals surface area (Å²) in [4.78, 5) is 17.2. The number of nitrogens with one attached hydrogen (secondary N) is 1. The first-order valence-electron chi connectivity index (χ1n) is 9.04. The molecule has 1 heterocycles. The number of carbonyl (C=O) groups is 1. The first kappa shape index (κ1) is 24.4. The van der Waals surface area contributed by atoms with Crippen LogP contribution >= 0.6 is 0 Å². The molecule has 33 heavy (non-hydrogen) atoms. The summed E-state index contributed by atoms with van der Waals surface area (Å²) in [6.45, 7) is 1.14. The number of nitrogens with two attached hydrogens (primary N) is 1. The highest BCUT2D eigenvalue weighted by atomic mass is 32.2. The largest absolute Gasteiger partial charge is 0.457 e. The number of carbonyl (C=O) groups excluding carboxylic acids is 1. The van der Waals surface area contributed by atoms with Gasteiger partial charge >= 0.3 is 16.3 Å². The van der Waals surface area contributed by atoms with Gasteiger partial charge in [-0.25, -0.2) is 18.0 Å². The van der Waals surface area contributed by atoms with Gasteiger partial charge in [0.1, 0.15) is 23.2 Å². The Morgan fingerprint density at radius 3 is 2.21 bits per heavy atom. The number of halogens is 4. The lowest BCUT2D eigenvalue weighted by molar-refractivity contribution is 0.0157. The van der Waals surface area contributed by atoms with Crippen molar-refractivity contribution in [1.82, 2.24) is 9.79 Å². The van der Waals surface area contributed by atoms with Crippen LogP contribution in [0.3, 0.4) is 0 Å². The van der Waals surface area contributed by atoms with Crippen molar-refractivity contribution in [2.24, 2.45) is 5.73 Å². The number of hydrogen-bond acceptors (Lipinski definition) is 8. The highest BCUT2D eigenvalue weighted by Gasteiger charge is 2.31. The molecule has 1 aromatic heterocycles. The predicted octanol–water partition coefficient (Wildman–Crippen LogP) is 2.80. The van der Waals surface area contributed by atoms with E-state index in [-0.39, 0.29) is 11.5 Å². The van der Waals surface area contributed by atoms with E-state index in [1.54, 1.807) is 0 Å². The average Bonchev–Trinajstić information content (AvgIpc) is 3.11. The van der Waals surface area contributed by atoms with Crippen molar-refractivity contribution in [2.75, 3.05) is 14.1 Å². The quantitative estimate of drug-likeness (QED) is 0.170. The molecule has 0 bridgehead atoms. The molecule has 9 nitrogen and oxygen atoms in total. The molecule has 0 aliphatic carbocycles. The summed E-state index contributed by atoms with van der Waals surface area (Å²) in [5, 5.41) is -0.923. The topological polar surface area (TPSA) is 124 Å². The summed E-state index contributed by atoms with van der Waals surface area (Å²) in [5.41, 5.74) is 6.67. The Kier molecular flexibility index (Phi) is 6.65. The van der Waals surface area contributed by atoms with Crippen LogP contribution < -0.4 is 15.4 Å². The number of aryl methyl sites for hydroxylation is 1. The first-order chi connectivity index (χ1) is 15.3. The van der Waals surface area contributed by atoms with Gasteiger partial charge in [-0.05, 0) is 24.6 Å². The number of furan rings is 1. The van der Waals surface area contributed by atoms with Crippen molar-refractivity contribution >= 4 is 27.2 Å². The molecule has 0 fully saturated rings. The number of benzene rings is 2. The molecule has 3 aromatic rings. The second kappa shape index (κ2) is 8.97. The van der Waals surface area contributed by atoms with E-state index in [9.17, 15) is 30.8 Å². The van der Waals surface area contributed by atoms with Gasteiger partial charge in [-0.3, -0.25) is 0 Å². The molecule has 0 unspecified atom stereocenters. The van der Waals surface area contributed by atoms with E-state index in [1.807, 2.05) is 0 Å². The summed E-state index contributed by atoms with van der Waals surface area (Å²) in [5.74, 6) is -9.48. The number of hydroxylamine groups is 1. The standard InChI is InChI=1S/C19H17F4N3O6S/c1-8-11(12-13(20)14(21)15(22)16(23)17(12)30-8)19(27)31-25-18(24)9-4-6-10(7-5-9)32-33(28,29)26(2)3/h4-7,18,25H,24H2,1-3H3/t18-/m1/s1. The Morgan fingerprint density at radius 2 is 1.64 bits per heavy atom. The van der Waals surface area contributed by atoms with Crippen LogP contribution in [-0.4, -0.2) is 32.8 Å². The Hall–Kier alpha value is -3.20. The molecule has 0 radical (unpaired) electrons. The van der Waals surface area contributed by atoms with E-state index in [0.29, 0.717) is 5.56 Å². The van der Waals surface area contributed by atoms with Crippen molar-refractivity contribution in [1.29, 1.82) is 0 Å². The minimum atomic E-state index is -3.96. The van der Waals surface area contributed by atoms with Gasteiger partial charge < -0.3 is 19.2 Å². The highest BCUT2D eigenvalue weighted by molar-refractivity contribution is 7.84. The third-order valence-corrected chi connectivity index (χ3v) is 5.75. The fourth-order valence-electron chi connectivity index (χ4n) is 2.72. The fraction of sp³-hybridized carbons (Fsp3) is 0.211. The van der Waals surface area contributed by atoms with Gasteiger partial charge in [0.05, 0.1) is 5.39 Å². The maximum atomic E-state index is 14.2. The van der Waals surface area contributed by atoms with Gasteiger partial charge in [-0.1, -0.05) is 12.1 Å². The third-order valence-electron chi connectivity index (χ3n) is 4.45. The van der Waals surface area contributed by atoms with Gasteiger partial charge in [-0.15, -0.1) is 5.48 Å². The fourth-order valence-corrected chi connectivity index (χ4v) is 3.22. The minimum Gasteiger partial charge on any atom is -0.457 e. The monoisotopic (exact) mass is 491 g/mol. The Morgan fingerprint density at radius 1 is 1.06 bits per heavy atom. The zero-order valence-electron chi connectivity index (χ0n) is 17.3. The van der Waals surface area contributed by atoms with Crippen LogP contribution in [0, 0.1) is 30.2 Å². The van der Waals surface area contributed by atoms with Crippen LogP contribution in [0.1, 0.15) is 27.8 Å². The van der Waals surface area contributed by atoms with Crippen LogP contribution in [0.2, 0.25) is 0 Å². The SMILES string of the molecule is Cc1oc2c(F)c(F)c(F)c(F)c2c1C(=O)ON[C@@H](N)c1ccc(OS(=O)(=O)N(C)C)cc1. The number of fused-ring (bicyclic) bond motifs is 1. The average molecular weight is 491 g/mol. The van der Waals surface area contributed by atoms with Crippen LogP contribution in [-0.2, 0) is 15.1 Å². The summed E-state index contributed by atoms with van der Waals surface area (Å²) >= 11 is 0. The van der Waals surface area contributed by atoms with Gasteiger partial charge in [0.15, 0.2) is 17.2 Å². The molecule has 2 aromatic carbocycles. The van der Waals surface area contributed by atoms with Crippen molar-refractivity contribution < 1.29 is 44.2 Å².